The highest BCUT2D eigenvalue weighted by atomic mass is 16.5. The maximum absolute atomic E-state index is 11.5. The topological polar surface area (TPSA) is 41.6 Å². The molecular weight excluding hydrogens is 264 g/mol. The molecule has 2 rings (SSSR count). The molecule has 1 aliphatic carbocycles. The van der Waals surface area contributed by atoms with Gasteiger partial charge in [-0.25, -0.2) is 0 Å². The van der Waals surface area contributed by atoms with E-state index in [2.05, 4.69) is 31.3 Å². The number of benzene rings is 1. The number of ether oxygens (including phenoxy) is 1. The van der Waals surface area contributed by atoms with Crippen LogP contribution in [0.3, 0.4) is 0 Å². The molecule has 1 aliphatic rings. The fourth-order valence-electron chi connectivity index (χ4n) is 2.38. The maximum Gasteiger partial charge on any atom is 0.225 e. The van der Waals surface area contributed by atoms with Gasteiger partial charge < -0.3 is 15.0 Å². The van der Waals surface area contributed by atoms with Gasteiger partial charge in [-0.15, -0.1) is 0 Å². The Morgan fingerprint density at radius 2 is 1.90 bits per heavy atom. The molecule has 1 saturated carbocycles. The first-order valence-electron chi connectivity index (χ1n) is 7.64. The van der Waals surface area contributed by atoms with Crippen molar-refractivity contribution in [3.63, 3.8) is 0 Å². The van der Waals surface area contributed by atoms with Crippen molar-refractivity contribution in [2.75, 3.05) is 20.7 Å². The van der Waals surface area contributed by atoms with Gasteiger partial charge in [-0.2, -0.15) is 0 Å². The number of rotatable bonds is 7. The quantitative estimate of drug-likeness (QED) is 0.838. The zero-order valence-corrected chi connectivity index (χ0v) is 13.5. The molecule has 0 bridgehead atoms. The molecule has 0 atom stereocenters. The van der Waals surface area contributed by atoms with Crippen molar-refractivity contribution in [1.82, 2.24) is 10.2 Å². The van der Waals surface area contributed by atoms with Crippen molar-refractivity contribution < 1.29 is 9.53 Å². The summed E-state index contributed by atoms with van der Waals surface area (Å²) >= 11 is 0. The SMILES string of the molecule is Cc1cc(CNC2CC2)cc(C)c1OCCC(=O)N(C)C. The second-order valence-electron chi connectivity index (χ2n) is 6.10. The van der Waals surface area contributed by atoms with Crippen molar-refractivity contribution in [2.24, 2.45) is 0 Å². The fraction of sp³-hybridized carbons (Fsp3) is 0.588. The zero-order valence-electron chi connectivity index (χ0n) is 13.5. The molecule has 0 unspecified atom stereocenters. The lowest BCUT2D eigenvalue weighted by Gasteiger charge is -2.15. The van der Waals surface area contributed by atoms with Gasteiger partial charge in [0.15, 0.2) is 0 Å². The van der Waals surface area contributed by atoms with Gasteiger partial charge in [-0.1, -0.05) is 12.1 Å². The standard InChI is InChI=1S/C17H26N2O2/c1-12-9-14(11-18-15-5-6-15)10-13(2)17(12)21-8-7-16(20)19(3)4/h9-10,15,18H,5-8,11H2,1-4H3. The third kappa shape index (κ3) is 4.74. The van der Waals surface area contributed by atoms with Crippen molar-refractivity contribution in [1.29, 1.82) is 0 Å². The van der Waals surface area contributed by atoms with Gasteiger partial charge in [0.1, 0.15) is 5.75 Å². The molecule has 21 heavy (non-hydrogen) atoms. The third-order valence-electron chi connectivity index (χ3n) is 3.75. The van der Waals surface area contributed by atoms with Gasteiger partial charge in [0, 0.05) is 26.7 Å². The summed E-state index contributed by atoms with van der Waals surface area (Å²) in [7, 11) is 3.53. The van der Waals surface area contributed by atoms with Gasteiger partial charge in [-0.05, 0) is 43.4 Å². The first-order valence-corrected chi connectivity index (χ1v) is 7.64. The van der Waals surface area contributed by atoms with Crippen molar-refractivity contribution >= 4 is 5.91 Å². The van der Waals surface area contributed by atoms with Gasteiger partial charge in [0.2, 0.25) is 5.91 Å². The van der Waals surface area contributed by atoms with Crippen LogP contribution in [0.25, 0.3) is 0 Å². The molecule has 0 saturated heterocycles. The smallest absolute Gasteiger partial charge is 0.225 e. The molecule has 1 fully saturated rings. The number of hydrogen-bond donors (Lipinski definition) is 1. The second-order valence-corrected chi connectivity index (χ2v) is 6.10. The van der Waals surface area contributed by atoms with E-state index in [-0.39, 0.29) is 5.91 Å². The number of nitrogens with one attached hydrogen (secondary N) is 1. The van der Waals surface area contributed by atoms with E-state index in [0.29, 0.717) is 13.0 Å². The van der Waals surface area contributed by atoms with E-state index in [1.165, 1.54) is 18.4 Å². The van der Waals surface area contributed by atoms with Crippen LogP contribution in [0.4, 0.5) is 0 Å². The fourth-order valence-corrected chi connectivity index (χ4v) is 2.38. The molecule has 1 aromatic rings. The molecule has 0 aromatic heterocycles. The predicted octanol–water partition coefficient (Wildman–Crippen LogP) is 2.41. The van der Waals surface area contributed by atoms with Crippen LogP contribution in [0.2, 0.25) is 0 Å². The van der Waals surface area contributed by atoms with E-state index >= 15 is 0 Å². The normalized spacial score (nSPS) is 14.1. The van der Waals surface area contributed by atoms with Crippen LogP contribution in [0.15, 0.2) is 12.1 Å². The first-order chi connectivity index (χ1) is 9.97. The average Bonchev–Trinajstić information content (AvgIpc) is 3.23. The van der Waals surface area contributed by atoms with Gasteiger partial charge >= 0.3 is 0 Å². The number of carbonyl (C=O) groups is 1. The summed E-state index contributed by atoms with van der Waals surface area (Å²) in [5.41, 5.74) is 3.58. The van der Waals surface area contributed by atoms with E-state index in [0.717, 1.165) is 29.5 Å². The summed E-state index contributed by atoms with van der Waals surface area (Å²) in [6.45, 7) is 5.48. The second kappa shape index (κ2) is 6.94. The molecular formula is C17H26N2O2. The van der Waals surface area contributed by atoms with E-state index in [9.17, 15) is 4.79 Å². The lowest BCUT2D eigenvalue weighted by molar-refractivity contribution is -0.129. The Balaban J connectivity index is 1.91. The highest BCUT2D eigenvalue weighted by Crippen LogP contribution is 2.26. The van der Waals surface area contributed by atoms with Gasteiger partial charge in [0.05, 0.1) is 13.0 Å². The molecule has 0 heterocycles. The third-order valence-corrected chi connectivity index (χ3v) is 3.75. The number of amides is 1. The van der Waals surface area contributed by atoms with Crippen LogP contribution in [-0.2, 0) is 11.3 Å². The summed E-state index contributed by atoms with van der Waals surface area (Å²) in [6, 6.07) is 5.07. The minimum Gasteiger partial charge on any atom is -0.493 e. The number of nitrogens with zero attached hydrogens (tertiary/aromatic N) is 1. The Labute approximate surface area is 127 Å². The summed E-state index contributed by atoms with van der Waals surface area (Å²) in [4.78, 5) is 13.1. The average molecular weight is 290 g/mol. The largest absolute Gasteiger partial charge is 0.493 e. The van der Waals surface area contributed by atoms with E-state index < -0.39 is 0 Å². The number of hydrogen-bond acceptors (Lipinski definition) is 3. The van der Waals surface area contributed by atoms with Crippen LogP contribution < -0.4 is 10.1 Å². The van der Waals surface area contributed by atoms with Crippen molar-refractivity contribution in [3.8, 4) is 5.75 Å². The number of carbonyl (C=O) groups excluding carboxylic acids is 1. The van der Waals surface area contributed by atoms with Gasteiger partial charge in [0.25, 0.3) is 0 Å². The summed E-state index contributed by atoms with van der Waals surface area (Å²) in [5, 5.41) is 3.53. The predicted molar refractivity (Wildman–Crippen MR) is 84.6 cm³/mol. The van der Waals surface area contributed by atoms with E-state index in [1.54, 1.807) is 19.0 Å². The Morgan fingerprint density at radius 1 is 1.29 bits per heavy atom. The molecule has 1 aromatic carbocycles. The Bertz CT molecular complexity index is 485. The van der Waals surface area contributed by atoms with Crippen LogP contribution in [0.1, 0.15) is 36.0 Å². The zero-order chi connectivity index (χ0) is 15.4. The summed E-state index contributed by atoms with van der Waals surface area (Å²) < 4.78 is 5.81. The lowest BCUT2D eigenvalue weighted by Crippen LogP contribution is -2.23. The van der Waals surface area contributed by atoms with E-state index in [4.69, 9.17) is 4.74 Å². The molecule has 1 N–H and O–H groups in total. The van der Waals surface area contributed by atoms with E-state index in [1.807, 2.05) is 0 Å². The summed E-state index contributed by atoms with van der Waals surface area (Å²) in [6.07, 6.45) is 3.02. The molecule has 0 radical (unpaired) electrons. The molecule has 4 heteroatoms. The van der Waals surface area contributed by atoms with Crippen LogP contribution in [0.5, 0.6) is 5.75 Å². The molecule has 0 aliphatic heterocycles. The highest BCUT2D eigenvalue weighted by molar-refractivity contribution is 5.75. The monoisotopic (exact) mass is 290 g/mol. The summed E-state index contributed by atoms with van der Waals surface area (Å²) in [5.74, 6) is 1.01. The first kappa shape index (κ1) is 15.8. The Morgan fingerprint density at radius 3 is 2.43 bits per heavy atom. The minimum absolute atomic E-state index is 0.0931. The molecule has 1 amide bonds. The van der Waals surface area contributed by atoms with Crippen molar-refractivity contribution in [3.05, 3.63) is 28.8 Å². The lowest BCUT2D eigenvalue weighted by atomic mass is 10.1. The van der Waals surface area contributed by atoms with Gasteiger partial charge in [-0.3, -0.25) is 4.79 Å². The molecule has 116 valence electrons. The maximum atomic E-state index is 11.5. The molecule has 4 nitrogen and oxygen atoms in total. The van der Waals surface area contributed by atoms with Crippen LogP contribution in [0, 0.1) is 13.8 Å². The highest BCUT2D eigenvalue weighted by Gasteiger charge is 2.20. The van der Waals surface area contributed by atoms with Crippen LogP contribution in [-0.4, -0.2) is 37.6 Å². The Hall–Kier alpha value is -1.55. The number of aryl methyl sites for hydroxylation is 2. The Kier molecular flexibility index (Phi) is 5.23. The van der Waals surface area contributed by atoms with Crippen LogP contribution >= 0.6 is 0 Å². The van der Waals surface area contributed by atoms with Crippen molar-refractivity contribution in [2.45, 2.75) is 45.7 Å². The molecule has 0 spiro atoms. The minimum atomic E-state index is 0.0931.